The van der Waals surface area contributed by atoms with E-state index in [9.17, 15) is 4.39 Å². The second kappa shape index (κ2) is 4.20. The van der Waals surface area contributed by atoms with Gasteiger partial charge in [0.2, 0.25) is 0 Å². The number of nitrogens with zero attached hydrogens (tertiary/aromatic N) is 2. The highest BCUT2D eigenvalue weighted by molar-refractivity contribution is 7.15. The summed E-state index contributed by atoms with van der Waals surface area (Å²) in [5, 5.41) is 9.13. The molecule has 0 unspecified atom stereocenters. The van der Waals surface area contributed by atoms with E-state index in [4.69, 9.17) is 5.26 Å². The van der Waals surface area contributed by atoms with Crippen molar-refractivity contribution in [2.45, 2.75) is 6.42 Å². The topological polar surface area (TPSA) is 36.7 Å². The number of halogens is 1. The van der Waals surface area contributed by atoms with Gasteiger partial charge in [0, 0.05) is 16.6 Å². The fourth-order valence-electron chi connectivity index (χ4n) is 1.23. The molecule has 0 aliphatic carbocycles. The predicted molar refractivity (Wildman–Crippen MR) is 56.8 cm³/mol. The van der Waals surface area contributed by atoms with Crippen LogP contribution in [0.1, 0.15) is 4.88 Å². The molecular weight excluding hydrogens is 211 g/mol. The maximum atomic E-state index is 13.4. The molecule has 0 aliphatic heterocycles. The molecule has 1 heterocycles. The van der Waals surface area contributed by atoms with E-state index in [2.05, 4.69) is 4.98 Å². The summed E-state index contributed by atoms with van der Waals surface area (Å²) < 4.78 is 13.4. The van der Waals surface area contributed by atoms with Crippen molar-refractivity contribution in [1.82, 2.24) is 4.98 Å². The van der Waals surface area contributed by atoms with E-state index in [1.807, 2.05) is 6.07 Å². The number of hydrogen-bond donors (Lipinski definition) is 0. The molecule has 0 aliphatic rings. The molecule has 0 spiro atoms. The first kappa shape index (κ1) is 9.81. The molecule has 2 rings (SSSR count). The highest BCUT2D eigenvalue weighted by Crippen LogP contribution is 2.27. The number of thiazole rings is 1. The molecule has 0 saturated carbocycles. The second-order valence-electron chi connectivity index (χ2n) is 2.95. The van der Waals surface area contributed by atoms with E-state index >= 15 is 0 Å². The van der Waals surface area contributed by atoms with E-state index in [0.717, 1.165) is 4.88 Å². The van der Waals surface area contributed by atoms with E-state index < -0.39 is 0 Å². The van der Waals surface area contributed by atoms with Gasteiger partial charge < -0.3 is 0 Å². The molecule has 0 amide bonds. The van der Waals surface area contributed by atoms with Crippen molar-refractivity contribution in [3.63, 3.8) is 0 Å². The van der Waals surface area contributed by atoms with Crippen LogP contribution in [0, 0.1) is 17.1 Å². The molecule has 1 aromatic heterocycles. The Bertz CT molecular complexity index is 513. The van der Waals surface area contributed by atoms with Crippen LogP contribution in [0.2, 0.25) is 0 Å². The third-order valence-electron chi connectivity index (χ3n) is 1.91. The molecule has 1 aromatic carbocycles. The van der Waals surface area contributed by atoms with Gasteiger partial charge in [0.1, 0.15) is 10.8 Å². The van der Waals surface area contributed by atoms with Gasteiger partial charge in [-0.25, -0.2) is 9.37 Å². The lowest BCUT2D eigenvalue weighted by atomic mass is 10.2. The Morgan fingerprint density at radius 3 is 2.93 bits per heavy atom. The summed E-state index contributed by atoms with van der Waals surface area (Å²) in [6.07, 6.45) is 1.95. The Balaban J connectivity index is 2.38. The third kappa shape index (κ3) is 2.03. The van der Waals surface area contributed by atoms with E-state index in [-0.39, 0.29) is 5.82 Å². The molecule has 2 nitrogen and oxygen atoms in total. The second-order valence-corrected chi connectivity index (χ2v) is 4.06. The lowest BCUT2D eigenvalue weighted by Crippen LogP contribution is -1.80. The summed E-state index contributed by atoms with van der Waals surface area (Å²) in [4.78, 5) is 4.95. The van der Waals surface area contributed by atoms with Crippen LogP contribution in [-0.2, 0) is 6.42 Å². The summed E-state index contributed by atoms with van der Waals surface area (Å²) in [6, 6.07) is 8.54. The van der Waals surface area contributed by atoms with Crippen LogP contribution in [0.3, 0.4) is 0 Å². The SMILES string of the molecule is N#CCc1cnc(-c2ccccc2F)s1. The fraction of sp³-hybridized carbons (Fsp3) is 0.0909. The lowest BCUT2D eigenvalue weighted by Gasteiger charge is -1.96. The van der Waals surface area contributed by atoms with Gasteiger partial charge in [-0.2, -0.15) is 5.26 Å². The molecule has 2 aromatic rings. The molecular formula is C11H7FN2S. The van der Waals surface area contributed by atoms with Crippen molar-refractivity contribution in [1.29, 1.82) is 5.26 Å². The van der Waals surface area contributed by atoms with E-state index in [0.29, 0.717) is 17.0 Å². The number of rotatable bonds is 2. The zero-order valence-corrected chi connectivity index (χ0v) is 8.59. The van der Waals surface area contributed by atoms with E-state index in [1.165, 1.54) is 17.4 Å². The summed E-state index contributed by atoms with van der Waals surface area (Å²) in [7, 11) is 0. The standard InChI is InChI=1S/C11H7FN2S/c12-10-4-2-1-3-9(10)11-14-7-8(15-11)5-6-13/h1-4,7H,5H2. The molecule has 0 saturated heterocycles. The van der Waals surface area contributed by atoms with Crippen LogP contribution in [0.5, 0.6) is 0 Å². The summed E-state index contributed by atoms with van der Waals surface area (Å²) >= 11 is 1.35. The summed E-state index contributed by atoms with van der Waals surface area (Å²) in [5.41, 5.74) is 0.492. The van der Waals surface area contributed by atoms with Crippen LogP contribution in [0.15, 0.2) is 30.5 Å². The minimum atomic E-state index is -0.282. The zero-order valence-electron chi connectivity index (χ0n) is 7.77. The average Bonchev–Trinajstić information content (AvgIpc) is 2.68. The molecule has 0 N–H and O–H groups in total. The quantitative estimate of drug-likeness (QED) is 0.776. The van der Waals surface area contributed by atoms with Gasteiger partial charge in [0.05, 0.1) is 12.5 Å². The highest BCUT2D eigenvalue weighted by Gasteiger charge is 2.08. The maximum absolute atomic E-state index is 13.4. The van der Waals surface area contributed by atoms with Crippen LogP contribution >= 0.6 is 11.3 Å². The largest absolute Gasteiger partial charge is 0.244 e. The minimum Gasteiger partial charge on any atom is -0.244 e. The Morgan fingerprint density at radius 2 is 2.20 bits per heavy atom. The van der Waals surface area contributed by atoms with Crippen molar-refractivity contribution in [3.8, 4) is 16.6 Å². The normalized spacial score (nSPS) is 9.87. The van der Waals surface area contributed by atoms with Gasteiger partial charge in [-0.15, -0.1) is 11.3 Å². The third-order valence-corrected chi connectivity index (χ3v) is 2.94. The maximum Gasteiger partial charge on any atom is 0.133 e. The van der Waals surface area contributed by atoms with Gasteiger partial charge in [-0.3, -0.25) is 0 Å². The number of hydrogen-bond acceptors (Lipinski definition) is 3. The van der Waals surface area contributed by atoms with Crippen molar-refractivity contribution in [3.05, 3.63) is 41.2 Å². The van der Waals surface area contributed by atoms with Crippen molar-refractivity contribution >= 4 is 11.3 Å². The summed E-state index contributed by atoms with van der Waals surface area (Å²) in [6.45, 7) is 0. The van der Waals surface area contributed by atoms with Crippen LogP contribution in [-0.4, -0.2) is 4.98 Å². The number of benzene rings is 1. The van der Waals surface area contributed by atoms with Crippen LogP contribution in [0.25, 0.3) is 10.6 Å². The lowest BCUT2D eigenvalue weighted by molar-refractivity contribution is 0.631. The van der Waals surface area contributed by atoms with Crippen molar-refractivity contribution < 1.29 is 4.39 Å². The smallest absolute Gasteiger partial charge is 0.133 e. The Morgan fingerprint density at radius 1 is 1.40 bits per heavy atom. The van der Waals surface area contributed by atoms with Gasteiger partial charge in [-0.1, -0.05) is 12.1 Å². The molecule has 74 valence electrons. The summed E-state index contributed by atoms with van der Waals surface area (Å²) in [5.74, 6) is -0.282. The average molecular weight is 218 g/mol. The van der Waals surface area contributed by atoms with Crippen LogP contribution in [0.4, 0.5) is 4.39 Å². The van der Waals surface area contributed by atoms with Gasteiger partial charge in [-0.05, 0) is 12.1 Å². The number of nitriles is 1. The van der Waals surface area contributed by atoms with Gasteiger partial charge in [0.25, 0.3) is 0 Å². The predicted octanol–water partition coefficient (Wildman–Crippen LogP) is 3.02. The Hall–Kier alpha value is -1.73. The fourth-order valence-corrected chi connectivity index (χ4v) is 2.10. The molecule has 0 radical (unpaired) electrons. The first-order valence-corrected chi connectivity index (χ1v) is 5.19. The first-order valence-electron chi connectivity index (χ1n) is 4.38. The first-order chi connectivity index (χ1) is 7.31. The van der Waals surface area contributed by atoms with Crippen LogP contribution < -0.4 is 0 Å². The van der Waals surface area contributed by atoms with Gasteiger partial charge in [0.15, 0.2) is 0 Å². The molecule has 0 fully saturated rings. The monoisotopic (exact) mass is 218 g/mol. The zero-order chi connectivity index (χ0) is 10.7. The highest BCUT2D eigenvalue weighted by atomic mass is 32.1. The molecule has 0 bridgehead atoms. The Kier molecular flexibility index (Phi) is 2.75. The van der Waals surface area contributed by atoms with Crippen molar-refractivity contribution in [2.24, 2.45) is 0 Å². The number of aromatic nitrogens is 1. The molecule has 0 atom stereocenters. The van der Waals surface area contributed by atoms with E-state index in [1.54, 1.807) is 24.4 Å². The van der Waals surface area contributed by atoms with Gasteiger partial charge >= 0.3 is 0 Å². The minimum absolute atomic E-state index is 0.282. The Labute approximate surface area is 90.6 Å². The molecule has 4 heteroatoms. The van der Waals surface area contributed by atoms with Crippen molar-refractivity contribution in [2.75, 3.05) is 0 Å². The molecule has 15 heavy (non-hydrogen) atoms.